The van der Waals surface area contributed by atoms with Gasteiger partial charge >= 0.3 is 5.97 Å². The van der Waals surface area contributed by atoms with Crippen LogP contribution in [0.3, 0.4) is 0 Å². The fourth-order valence-electron chi connectivity index (χ4n) is 2.56. The topological polar surface area (TPSA) is 83.1 Å². The number of nitrogens with one attached hydrogen (secondary N) is 1. The molecule has 0 aliphatic rings. The Labute approximate surface area is 164 Å². The Morgan fingerprint density at radius 1 is 0.964 bits per heavy atom. The molecule has 0 aliphatic heterocycles. The van der Waals surface area contributed by atoms with Crippen molar-refractivity contribution in [2.24, 2.45) is 0 Å². The molecule has 1 atom stereocenters. The number of benzene rings is 2. The molecule has 7 nitrogen and oxygen atoms in total. The van der Waals surface area contributed by atoms with Gasteiger partial charge in [-0.2, -0.15) is 0 Å². The summed E-state index contributed by atoms with van der Waals surface area (Å²) in [6, 6.07) is 12.3. The van der Waals surface area contributed by atoms with Gasteiger partial charge in [-0.25, -0.2) is 4.79 Å². The number of hydrogen-bond donors (Lipinski definition) is 1. The van der Waals surface area contributed by atoms with E-state index in [1.54, 1.807) is 51.7 Å². The van der Waals surface area contributed by atoms with Crippen LogP contribution in [0.25, 0.3) is 0 Å². The van der Waals surface area contributed by atoms with E-state index in [0.717, 1.165) is 11.1 Å². The molecule has 0 radical (unpaired) electrons. The number of rotatable bonds is 9. The van der Waals surface area contributed by atoms with Crippen molar-refractivity contribution in [3.63, 3.8) is 0 Å². The highest BCUT2D eigenvalue weighted by Gasteiger charge is 2.19. The molecule has 0 unspecified atom stereocenters. The third-order valence-corrected chi connectivity index (χ3v) is 4.04. The molecule has 0 heterocycles. The first kappa shape index (κ1) is 21.2. The minimum absolute atomic E-state index is 0.268. The van der Waals surface area contributed by atoms with Gasteiger partial charge in [0, 0.05) is 13.7 Å². The van der Waals surface area contributed by atoms with Crippen LogP contribution < -0.4 is 14.8 Å². The van der Waals surface area contributed by atoms with Gasteiger partial charge in [0.05, 0.1) is 26.4 Å². The maximum atomic E-state index is 12.3. The molecule has 0 saturated heterocycles. The summed E-state index contributed by atoms with van der Waals surface area (Å²) in [5.74, 6) is 0.225. The fraction of sp³-hybridized carbons (Fsp3) is 0.333. The molecule has 0 aliphatic carbocycles. The fourth-order valence-corrected chi connectivity index (χ4v) is 2.56. The summed E-state index contributed by atoms with van der Waals surface area (Å²) in [7, 11) is 4.68. The van der Waals surface area contributed by atoms with Crippen LogP contribution in [0.4, 0.5) is 0 Å². The second kappa shape index (κ2) is 10.3. The summed E-state index contributed by atoms with van der Waals surface area (Å²) in [5, 5.41) is 2.74. The Morgan fingerprint density at radius 2 is 1.71 bits per heavy atom. The van der Waals surface area contributed by atoms with Crippen LogP contribution in [-0.2, 0) is 27.4 Å². The number of amides is 1. The van der Waals surface area contributed by atoms with Crippen LogP contribution >= 0.6 is 0 Å². The minimum atomic E-state index is -0.932. The first-order chi connectivity index (χ1) is 13.5. The Morgan fingerprint density at radius 3 is 2.39 bits per heavy atom. The van der Waals surface area contributed by atoms with Gasteiger partial charge in [0.15, 0.2) is 17.6 Å². The normalized spacial score (nSPS) is 11.4. The lowest BCUT2D eigenvalue weighted by molar-refractivity contribution is -0.129. The van der Waals surface area contributed by atoms with E-state index >= 15 is 0 Å². The number of hydrogen-bond acceptors (Lipinski definition) is 6. The van der Waals surface area contributed by atoms with Gasteiger partial charge in [0.25, 0.3) is 5.91 Å². The summed E-state index contributed by atoms with van der Waals surface area (Å²) >= 11 is 0. The molecule has 0 bridgehead atoms. The van der Waals surface area contributed by atoms with E-state index < -0.39 is 18.0 Å². The molecule has 2 aromatic rings. The van der Waals surface area contributed by atoms with Gasteiger partial charge in [0.1, 0.15) is 0 Å². The standard InChI is InChI=1S/C21H25NO6/c1-14(28-21(24)17-7-5-6-16(10-17)13-25-2)20(23)22-12-15-8-9-18(26-3)19(11-15)27-4/h5-11,14H,12-13H2,1-4H3,(H,22,23)/t14-/m0/s1. The minimum Gasteiger partial charge on any atom is -0.493 e. The predicted octanol–water partition coefficient (Wildman–Crippen LogP) is 2.71. The second-order valence-corrected chi connectivity index (χ2v) is 6.09. The molecule has 7 heteroatoms. The van der Waals surface area contributed by atoms with Crippen LogP contribution in [0.2, 0.25) is 0 Å². The molecule has 0 saturated carbocycles. The van der Waals surface area contributed by atoms with E-state index in [2.05, 4.69) is 5.32 Å². The highest BCUT2D eigenvalue weighted by atomic mass is 16.5. The average Bonchev–Trinajstić information content (AvgIpc) is 2.72. The van der Waals surface area contributed by atoms with E-state index in [-0.39, 0.29) is 6.54 Å². The van der Waals surface area contributed by atoms with Gasteiger partial charge < -0.3 is 24.3 Å². The second-order valence-electron chi connectivity index (χ2n) is 6.09. The third-order valence-electron chi connectivity index (χ3n) is 4.04. The molecular weight excluding hydrogens is 362 g/mol. The van der Waals surface area contributed by atoms with E-state index in [9.17, 15) is 9.59 Å². The molecule has 2 aromatic carbocycles. The SMILES string of the molecule is COCc1cccc(C(=O)O[C@@H](C)C(=O)NCc2ccc(OC)c(OC)c2)c1. The van der Waals surface area contributed by atoms with Gasteiger partial charge in [-0.05, 0) is 42.3 Å². The maximum absolute atomic E-state index is 12.3. The summed E-state index contributed by atoms with van der Waals surface area (Å²) in [6.45, 7) is 2.19. The average molecular weight is 387 g/mol. The molecule has 150 valence electrons. The van der Waals surface area contributed by atoms with Crippen molar-refractivity contribution in [1.82, 2.24) is 5.32 Å². The van der Waals surface area contributed by atoms with E-state index in [1.807, 2.05) is 12.1 Å². The molecule has 0 spiro atoms. The Balaban J connectivity index is 1.92. The lowest BCUT2D eigenvalue weighted by atomic mass is 10.1. The van der Waals surface area contributed by atoms with E-state index in [1.165, 1.54) is 6.92 Å². The molecule has 0 aromatic heterocycles. The van der Waals surface area contributed by atoms with Gasteiger partial charge in [0.2, 0.25) is 0 Å². The Bertz CT molecular complexity index is 820. The van der Waals surface area contributed by atoms with Crippen LogP contribution in [0, 0.1) is 0 Å². The van der Waals surface area contributed by atoms with Crippen LogP contribution in [0.5, 0.6) is 11.5 Å². The van der Waals surface area contributed by atoms with E-state index in [0.29, 0.717) is 23.7 Å². The molecule has 1 amide bonds. The molecule has 28 heavy (non-hydrogen) atoms. The van der Waals surface area contributed by atoms with Gasteiger partial charge in [-0.15, -0.1) is 0 Å². The van der Waals surface area contributed by atoms with Crippen molar-refractivity contribution < 1.29 is 28.5 Å². The lowest BCUT2D eigenvalue weighted by Gasteiger charge is -2.15. The lowest BCUT2D eigenvalue weighted by Crippen LogP contribution is -2.35. The van der Waals surface area contributed by atoms with Gasteiger partial charge in [-0.1, -0.05) is 18.2 Å². The smallest absolute Gasteiger partial charge is 0.338 e. The van der Waals surface area contributed by atoms with Crippen molar-refractivity contribution in [3.05, 3.63) is 59.2 Å². The maximum Gasteiger partial charge on any atom is 0.338 e. The zero-order valence-electron chi connectivity index (χ0n) is 16.5. The van der Waals surface area contributed by atoms with Crippen molar-refractivity contribution in [1.29, 1.82) is 0 Å². The van der Waals surface area contributed by atoms with Crippen LogP contribution in [0.1, 0.15) is 28.4 Å². The van der Waals surface area contributed by atoms with Crippen molar-refractivity contribution in [3.8, 4) is 11.5 Å². The first-order valence-corrected chi connectivity index (χ1v) is 8.76. The van der Waals surface area contributed by atoms with E-state index in [4.69, 9.17) is 18.9 Å². The summed E-state index contributed by atoms with van der Waals surface area (Å²) in [6.07, 6.45) is -0.932. The Hall–Kier alpha value is -3.06. The third kappa shape index (κ3) is 5.72. The monoisotopic (exact) mass is 387 g/mol. The molecule has 2 rings (SSSR count). The van der Waals surface area contributed by atoms with Crippen molar-refractivity contribution >= 4 is 11.9 Å². The summed E-state index contributed by atoms with van der Waals surface area (Å²) in [5.41, 5.74) is 2.05. The predicted molar refractivity (Wildman–Crippen MR) is 103 cm³/mol. The highest BCUT2D eigenvalue weighted by molar-refractivity contribution is 5.92. The number of carbonyl (C=O) groups is 2. The Kier molecular flexibility index (Phi) is 7.83. The molecular formula is C21H25NO6. The van der Waals surface area contributed by atoms with Crippen molar-refractivity contribution in [2.75, 3.05) is 21.3 Å². The number of ether oxygens (including phenoxy) is 4. The van der Waals surface area contributed by atoms with Crippen LogP contribution in [-0.4, -0.2) is 39.3 Å². The van der Waals surface area contributed by atoms with Gasteiger partial charge in [-0.3, -0.25) is 4.79 Å². The highest BCUT2D eigenvalue weighted by Crippen LogP contribution is 2.27. The van der Waals surface area contributed by atoms with Crippen molar-refractivity contribution in [2.45, 2.75) is 26.2 Å². The summed E-state index contributed by atoms with van der Waals surface area (Å²) in [4.78, 5) is 24.5. The largest absolute Gasteiger partial charge is 0.493 e. The molecule has 1 N–H and O–H groups in total. The molecule has 0 fully saturated rings. The quantitative estimate of drug-likeness (QED) is 0.666. The number of esters is 1. The zero-order chi connectivity index (χ0) is 20.5. The first-order valence-electron chi connectivity index (χ1n) is 8.76. The number of methoxy groups -OCH3 is 3. The zero-order valence-corrected chi connectivity index (χ0v) is 16.5. The number of carbonyl (C=O) groups excluding carboxylic acids is 2. The summed E-state index contributed by atoms with van der Waals surface area (Å²) < 4.78 is 20.7. The van der Waals surface area contributed by atoms with Crippen LogP contribution in [0.15, 0.2) is 42.5 Å².